The van der Waals surface area contributed by atoms with Crippen LogP contribution in [0.5, 0.6) is 0 Å². The molecule has 0 saturated heterocycles. The van der Waals surface area contributed by atoms with Crippen molar-refractivity contribution >= 4 is 11.8 Å². The molecule has 1 heterocycles. The van der Waals surface area contributed by atoms with E-state index >= 15 is 0 Å². The lowest BCUT2D eigenvalue weighted by atomic mass is 9.88. The molecule has 0 saturated carbocycles. The number of aliphatic hydroxyl groups is 1. The van der Waals surface area contributed by atoms with Crippen LogP contribution in [0.2, 0.25) is 0 Å². The SMILES string of the molecule is CC(C)c1nc(C(C)C)c(CSc2ccc(F)cc2)c(-c2ccccc2)c1CO. The number of benzene rings is 2. The van der Waals surface area contributed by atoms with E-state index in [0.29, 0.717) is 5.75 Å². The summed E-state index contributed by atoms with van der Waals surface area (Å²) >= 11 is 1.67. The van der Waals surface area contributed by atoms with Gasteiger partial charge in [-0.2, -0.15) is 0 Å². The fourth-order valence-corrected chi connectivity index (χ4v) is 4.54. The van der Waals surface area contributed by atoms with Crippen LogP contribution in [0.1, 0.15) is 62.0 Å². The molecule has 0 radical (unpaired) electrons. The molecule has 0 spiro atoms. The molecule has 4 heteroatoms. The average molecular weight is 410 g/mol. The molecular weight excluding hydrogens is 381 g/mol. The van der Waals surface area contributed by atoms with Gasteiger partial charge in [-0.15, -0.1) is 11.8 Å². The van der Waals surface area contributed by atoms with Crippen molar-refractivity contribution in [2.75, 3.05) is 0 Å². The predicted molar refractivity (Wildman–Crippen MR) is 120 cm³/mol. The molecule has 0 atom stereocenters. The third-order valence-electron chi connectivity index (χ3n) is 4.97. The van der Waals surface area contributed by atoms with Gasteiger partial charge in [0.1, 0.15) is 5.82 Å². The van der Waals surface area contributed by atoms with Gasteiger partial charge in [0.25, 0.3) is 0 Å². The first-order valence-corrected chi connectivity index (χ1v) is 11.0. The summed E-state index contributed by atoms with van der Waals surface area (Å²) in [6, 6.07) is 16.8. The van der Waals surface area contributed by atoms with Gasteiger partial charge in [-0.3, -0.25) is 4.98 Å². The lowest BCUT2D eigenvalue weighted by Crippen LogP contribution is -2.12. The van der Waals surface area contributed by atoms with Crippen LogP contribution >= 0.6 is 11.8 Å². The highest BCUT2D eigenvalue weighted by Crippen LogP contribution is 2.39. The van der Waals surface area contributed by atoms with Crippen LogP contribution in [0.15, 0.2) is 59.5 Å². The monoisotopic (exact) mass is 409 g/mol. The first-order valence-electron chi connectivity index (χ1n) is 10.0. The zero-order valence-corrected chi connectivity index (χ0v) is 18.3. The lowest BCUT2D eigenvalue weighted by Gasteiger charge is -2.24. The number of halogens is 1. The van der Waals surface area contributed by atoms with E-state index in [2.05, 4.69) is 39.8 Å². The molecule has 3 aromatic rings. The molecule has 0 aliphatic heterocycles. The van der Waals surface area contributed by atoms with Crippen molar-refractivity contribution in [3.63, 3.8) is 0 Å². The zero-order valence-electron chi connectivity index (χ0n) is 17.4. The maximum absolute atomic E-state index is 13.3. The number of hydrogen-bond donors (Lipinski definition) is 1. The molecule has 3 rings (SSSR count). The number of nitrogens with zero attached hydrogens (tertiary/aromatic N) is 1. The predicted octanol–water partition coefficient (Wildman–Crippen LogP) is 6.92. The van der Waals surface area contributed by atoms with Gasteiger partial charge in [0.05, 0.1) is 6.61 Å². The van der Waals surface area contributed by atoms with E-state index < -0.39 is 0 Å². The minimum atomic E-state index is -0.229. The third-order valence-corrected chi connectivity index (χ3v) is 6.01. The first kappa shape index (κ1) is 21.5. The minimum Gasteiger partial charge on any atom is -0.392 e. The molecule has 1 N–H and O–H groups in total. The maximum atomic E-state index is 13.3. The van der Waals surface area contributed by atoms with Crippen molar-refractivity contribution in [2.24, 2.45) is 0 Å². The number of aromatic nitrogens is 1. The summed E-state index contributed by atoms with van der Waals surface area (Å²) < 4.78 is 13.3. The van der Waals surface area contributed by atoms with Crippen LogP contribution in [0.3, 0.4) is 0 Å². The molecule has 2 nitrogen and oxygen atoms in total. The maximum Gasteiger partial charge on any atom is 0.123 e. The Hall–Kier alpha value is -2.17. The molecular formula is C25H28FNOS. The molecule has 0 fully saturated rings. The molecule has 2 aromatic carbocycles. The van der Waals surface area contributed by atoms with Crippen molar-refractivity contribution in [1.29, 1.82) is 0 Å². The van der Waals surface area contributed by atoms with Gasteiger partial charge in [0, 0.05) is 27.6 Å². The highest BCUT2D eigenvalue weighted by molar-refractivity contribution is 7.98. The molecule has 0 unspecified atom stereocenters. The Morgan fingerprint density at radius 1 is 0.862 bits per heavy atom. The van der Waals surface area contributed by atoms with Crippen molar-refractivity contribution in [3.05, 3.63) is 82.9 Å². The molecule has 0 aliphatic rings. The van der Waals surface area contributed by atoms with E-state index in [-0.39, 0.29) is 24.3 Å². The second-order valence-electron chi connectivity index (χ2n) is 7.79. The van der Waals surface area contributed by atoms with E-state index in [0.717, 1.165) is 38.5 Å². The van der Waals surface area contributed by atoms with E-state index in [9.17, 15) is 9.50 Å². The quantitative estimate of drug-likeness (QED) is 0.430. The summed E-state index contributed by atoms with van der Waals surface area (Å²) in [5.41, 5.74) is 6.27. The Kier molecular flexibility index (Phi) is 7.09. The van der Waals surface area contributed by atoms with Gasteiger partial charge in [0.15, 0.2) is 0 Å². The van der Waals surface area contributed by atoms with E-state index in [4.69, 9.17) is 4.98 Å². The van der Waals surface area contributed by atoms with Gasteiger partial charge in [0.2, 0.25) is 0 Å². The third kappa shape index (κ3) is 4.88. The second-order valence-corrected chi connectivity index (χ2v) is 8.84. The second kappa shape index (κ2) is 9.55. The molecule has 1 aromatic heterocycles. The summed E-state index contributed by atoms with van der Waals surface area (Å²) in [7, 11) is 0. The van der Waals surface area contributed by atoms with E-state index in [1.807, 2.05) is 18.2 Å². The highest BCUT2D eigenvalue weighted by atomic mass is 32.2. The first-order chi connectivity index (χ1) is 13.9. The van der Waals surface area contributed by atoms with Crippen molar-refractivity contribution in [2.45, 2.75) is 56.8 Å². The molecule has 0 bridgehead atoms. The number of pyridine rings is 1. The normalized spacial score (nSPS) is 11.4. The average Bonchev–Trinajstić information content (AvgIpc) is 2.72. The number of hydrogen-bond acceptors (Lipinski definition) is 3. The molecule has 29 heavy (non-hydrogen) atoms. The summed E-state index contributed by atoms with van der Waals surface area (Å²) in [6.07, 6.45) is 0. The number of thioether (sulfide) groups is 1. The molecule has 0 amide bonds. The van der Waals surface area contributed by atoms with Gasteiger partial charge in [-0.25, -0.2) is 4.39 Å². The lowest BCUT2D eigenvalue weighted by molar-refractivity contribution is 0.279. The standard InChI is InChI=1S/C25H28FNOS/c1-16(2)24-21(14-28)23(18-8-6-5-7-9-18)22(25(27-24)17(3)4)15-29-20-12-10-19(26)11-13-20/h5-13,16-17,28H,14-15H2,1-4H3. The highest BCUT2D eigenvalue weighted by Gasteiger charge is 2.23. The van der Waals surface area contributed by atoms with Crippen molar-refractivity contribution < 1.29 is 9.50 Å². The molecule has 0 aliphatic carbocycles. The fraction of sp³-hybridized carbons (Fsp3) is 0.320. The van der Waals surface area contributed by atoms with Crippen molar-refractivity contribution in [3.8, 4) is 11.1 Å². The van der Waals surface area contributed by atoms with Crippen LogP contribution in [-0.4, -0.2) is 10.1 Å². The Bertz CT molecular complexity index is 953. The Labute approximate surface area is 177 Å². The summed E-state index contributed by atoms with van der Waals surface area (Å²) in [5.74, 6) is 0.956. The fourth-order valence-electron chi connectivity index (χ4n) is 3.60. The van der Waals surface area contributed by atoms with E-state index in [1.165, 1.54) is 12.1 Å². The number of rotatable bonds is 7. The summed E-state index contributed by atoms with van der Waals surface area (Å²) in [4.78, 5) is 6.03. The number of aliphatic hydroxyl groups excluding tert-OH is 1. The summed E-state index contributed by atoms with van der Waals surface area (Å²) in [5, 5.41) is 10.3. The van der Waals surface area contributed by atoms with Crippen LogP contribution < -0.4 is 0 Å². The zero-order chi connectivity index (χ0) is 21.0. The molecule has 152 valence electrons. The smallest absolute Gasteiger partial charge is 0.123 e. The Balaban J connectivity index is 2.19. The topological polar surface area (TPSA) is 33.1 Å². The Morgan fingerprint density at radius 3 is 2.00 bits per heavy atom. The van der Waals surface area contributed by atoms with Gasteiger partial charge in [-0.05, 0) is 52.8 Å². The summed E-state index contributed by atoms with van der Waals surface area (Å²) in [6.45, 7) is 8.51. The Morgan fingerprint density at radius 2 is 1.45 bits per heavy atom. The van der Waals surface area contributed by atoms with Crippen LogP contribution in [0.4, 0.5) is 4.39 Å². The van der Waals surface area contributed by atoms with Gasteiger partial charge >= 0.3 is 0 Å². The minimum absolute atomic E-state index is 0.0443. The largest absolute Gasteiger partial charge is 0.392 e. The van der Waals surface area contributed by atoms with Crippen molar-refractivity contribution in [1.82, 2.24) is 4.98 Å². The van der Waals surface area contributed by atoms with Crippen LogP contribution in [0, 0.1) is 5.82 Å². The van der Waals surface area contributed by atoms with Crippen LogP contribution in [0.25, 0.3) is 11.1 Å². The van der Waals surface area contributed by atoms with Gasteiger partial charge in [-0.1, -0.05) is 58.0 Å². The van der Waals surface area contributed by atoms with Gasteiger partial charge < -0.3 is 5.11 Å². The van der Waals surface area contributed by atoms with Crippen LogP contribution in [-0.2, 0) is 12.4 Å². The van der Waals surface area contributed by atoms with E-state index in [1.54, 1.807) is 23.9 Å².